The van der Waals surface area contributed by atoms with Crippen LogP contribution in [0.2, 0.25) is 0 Å². The third kappa shape index (κ3) is 1.67. The normalized spacial score (nSPS) is 6.25. The van der Waals surface area contributed by atoms with E-state index in [1.165, 1.54) is 0 Å². The van der Waals surface area contributed by atoms with Gasteiger partial charge in [0.25, 0.3) is 0 Å². The molecule has 0 atom stereocenters. The third-order valence-electron chi connectivity index (χ3n) is 0.183. The van der Waals surface area contributed by atoms with Gasteiger partial charge in [0.05, 0.1) is 0 Å². The third-order valence-corrected chi connectivity index (χ3v) is 0.183. The first-order valence-electron chi connectivity index (χ1n) is 1.28. The lowest BCUT2D eigenvalue weighted by atomic mass is 10.8. The van der Waals surface area contributed by atoms with Crippen molar-refractivity contribution in [3.8, 4) is 0 Å². The average Bonchev–Trinajstić information content (AvgIpc) is 1.37. The molecule has 0 bridgehead atoms. The van der Waals surface area contributed by atoms with Gasteiger partial charge in [-0.3, -0.25) is 4.99 Å². The van der Waals surface area contributed by atoms with Crippen molar-refractivity contribution in [2.24, 2.45) is 4.99 Å². The van der Waals surface area contributed by atoms with Crippen molar-refractivity contribution < 1.29 is 0 Å². The molecule has 0 aliphatic carbocycles. The summed E-state index contributed by atoms with van der Waals surface area (Å²) in [7, 11) is 0. The predicted molar refractivity (Wildman–Crippen MR) is 19.0 cm³/mol. The van der Waals surface area contributed by atoms with Crippen LogP contribution in [0.15, 0.2) is 4.99 Å². The molecule has 0 spiro atoms. The van der Waals surface area contributed by atoms with Crippen LogP contribution in [0.5, 0.6) is 0 Å². The van der Waals surface area contributed by atoms with Gasteiger partial charge in [-0.25, -0.2) is 0 Å². The van der Waals surface area contributed by atoms with Crippen LogP contribution in [0.1, 0.15) is 6.92 Å². The predicted octanol–water partition coefficient (Wildman–Crippen LogP) is 0.584. The van der Waals surface area contributed by atoms with E-state index in [2.05, 4.69) is 11.7 Å². The summed E-state index contributed by atoms with van der Waals surface area (Å²) in [6.45, 7) is 7.26. The monoisotopic (exact) mass is 56.1 g/mol. The lowest BCUT2D eigenvalue weighted by Crippen LogP contribution is -1.54. The molecule has 0 unspecified atom stereocenters. The lowest BCUT2D eigenvalue weighted by Gasteiger charge is -1.60. The maximum atomic E-state index is 4.65. The molecule has 1 nitrogen and oxygen atoms in total. The summed E-state index contributed by atoms with van der Waals surface area (Å²) < 4.78 is 0. The molecule has 4 heavy (non-hydrogen) atoms. The highest BCUT2D eigenvalue weighted by atomic mass is 14.6. The zero-order chi connectivity index (χ0) is 3.41. The van der Waals surface area contributed by atoms with Crippen LogP contribution >= 0.6 is 0 Å². The molecular weight excluding hydrogens is 50.0 g/mol. The Morgan fingerprint density at radius 3 is 2.25 bits per heavy atom. The second kappa shape index (κ2) is 2.67. The Morgan fingerprint density at radius 1 is 2.00 bits per heavy atom. The van der Waals surface area contributed by atoms with Crippen molar-refractivity contribution in [2.45, 2.75) is 6.92 Å². The van der Waals surface area contributed by atoms with Crippen LogP contribution in [-0.2, 0) is 0 Å². The number of rotatable bonds is 1. The molecule has 0 saturated carbocycles. The number of hydrogen-bond donors (Lipinski definition) is 0. The number of hydrogen-bond acceptors (Lipinski definition) is 1. The second-order valence-electron chi connectivity index (χ2n) is 0.499. The summed E-state index contributed by atoms with van der Waals surface area (Å²) in [5.74, 6) is 0. The lowest BCUT2D eigenvalue weighted by molar-refractivity contribution is 1.15. The van der Waals surface area contributed by atoms with Crippen molar-refractivity contribution in [1.29, 1.82) is 0 Å². The van der Waals surface area contributed by atoms with Gasteiger partial charge in [0.1, 0.15) is 0 Å². The van der Waals surface area contributed by atoms with Crippen molar-refractivity contribution >= 4 is 6.72 Å². The Bertz CT molecular complexity index is 17.2. The van der Waals surface area contributed by atoms with Gasteiger partial charge in [-0.15, -0.1) is 0 Å². The van der Waals surface area contributed by atoms with Gasteiger partial charge in [0.2, 0.25) is 0 Å². The highest BCUT2D eigenvalue weighted by Gasteiger charge is 1.44. The van der Waals surface area contributed by atoms with E-state index < -0.39 is 0 Å². The fraction of sp³-hybridized carbons (Fsp3) is 0.667. The Hall–Kier alpha value is -0.330. The molecule has 0 aromatic heterocycles. The quantitative estimate of drug-likeness (QED) is 0.390. The largest absolute Gasteiger partial charge is 0.292 e. The van der Waals surface area contributed by atoms with E-state index in [1.807, 2.05) is 6.92 Å². The van der Waals surface area contributed by atoms with E-state index >= 15 is 0 Å². The zero-order valence-corrected chi connectivity index (χ0v) is 2.73. The summed E-state index contributed by atoms with van der Waals surface area (Å²) in [5, 5.41) is 0. The molecule has 0 aromatic carbocycles. The van der Waals surface area contributed by atoms with Crippen LogP contribution in [0.3, 0.4) is 0 Å². The first-order chi connectivity index (χ1) is 1.91. The van der Waals surface area contributed by atoms with Crippen molar-refractivity contribution in [2.75, 3.05) is 6.54 Å². The highest BCUT2D eigenvalue weighted by Crippen LogP contribution is 1.50. The Labute approximate surface area is 26.4 Å². The molecule has 23 valence electrons. The fourth-order valence-electron chi connectivity index (χ4n) is 0. The van der Waals surface area contributed by atoms with Crippen LogP contribution in [0.25, 0.3) is 0 Å². The average molecular weight is 56.1 g/mol. The number of aliphatic imine (C=N–C) groups is 1. The molecule has 0 N–H and O–H groups in total. The summed E-state index contributed by atoms with van der Waals surface area (Å²) in [5.41, 5.74) is 0. The maximum Gasteiger partial charge on any atom is 0.0390 e. The van der Waals surface area contributed by atoms with Gasteiger partial charge in [-0.2, -0.15) is 0 Å². The minimum Gasteiger partial charge on any atom is -0.292 e. The molecule has 0 saturated heterocycles. The molecule has 0 fully saturated rings. The summed E-state index contributed by atoms with van der Waals surface area (Å²) in [4.78, 5) is 3.24. The van der Waals surface area contributed by atoms with Gasteiger partial charge in [0, 0.05) is 13.3 Å². The van der Waals surface area contributed by atoms with Gasteiger partial charge < -0.3 is 0 Å². The van der Waals surface area contributed by atoms with Gasteiger partial charge in [-0.05, 0) is 6.92 Å². The van der Waals surface area contributed by atoms with Crippen LogP contribution < -0.4 is 0 Å². The van der Waals surface area contributed by atoms with E-state index in [0.717, 1.165) is 6.54 Å². The van der Waals surface area contributed by atoms with Gasteiger partial charge in [-0.1, -0.05) is 0 Å². The molecule has 1 radical (unpaired) electrons. The molecule has 0 amide bonds. The van der Waals surface area contributed by atoms with Crippen LogP contribution in [0, 0.1) is 0 Å². The van der Waals surface area contributed by atoms with E-state index in [4.69, 9.17) is 0 Å². The summed E-state index contributed by atoms with van der Waals surface area (Å²) >= 11 is 0. The molecule has 1 heteroatoms. The van der Waals surface area contributed by atoms with Crippen molar-refractivity contribution in [3.05, 3.63) is 0 Å². The summed E-state index contributed by atoms with van der Waals surface area (Å²) in [6, 6.07) is 0. The minimum atomic E-state index is 0.722. The number of nitrogens with zero attached hydrogens (tertiary/aromatic N) is 1. The highest BCUT2D eigenvalue weighted by molar-refractivity contribution is 5.22. The first kappa shape index (κ1) is 3.67. The maximum absolute atomic E-state index is 4.65. The van der Waals surface area contributed by atoms with E-state index in [9.17, 15) is 0 Å². The van der Waals surface area contributed by atoms with E-state index in [0.29, 0.717) is 0 Å². The Balaban J connectivity index is 2.30. The van der Waals surface area contributed by atoms with Gasteiger partial charge in [0.15, 0.2) is 0 Å². The van der Waals surface area contributed by atoms with Crippen molar-refractivity contribution in [3.63, 3.8) is 0 Å². The molecule has 0 aliphatic rings. The van der Waals surface area contributed by atoms with Crippen molar-refractivity contribution in [1.82, 2.24) is 0 Å². The smallest absolute Gasteiger partial charge is 0.0390 e. The van der Waals surface area contributed by atoms with Crippen LogP contribution in [-0.4, -0.2) is 13.3 Å². The minimum absolute atomic E-state index is 0.722. The standard InChI is InChI=1S/C3H6N/c1-3-4-2/h2H,3H2,1H3. The Kier molecular flexibility index (Phi) is 2.45. The van der Waals surface area contributed by atoms with Crippen LogP contribution in [0.4, 0.5) is 0 Å². The topological polar surface area (TPSA) is 12.4 Å². The van der Waals surface area contributed by atoms with E-state index in [1.54, 1.807) is 0 Å². The zero-order valence-electron chi connectivity index (χ0n) is 2.73. The molecule has 0 rings (SSSR count). The fourth-order valence-corrected chi connectivity index (χ4v) is 0. The molecule has 0 aromatic rings. The SMILES string of the molecule is [CH]=NCC. The molecular formula is C3H6N. The van der Waals surface area contributed by atoms with E-state index in [-0.39, 0.29) is 0 Å². The summed E-state index contributed by atoms with van der Waals surface area (Å²) in [6.07, 6.45) is 0. The molecule has 0 heterocycles. The van der Waals surface area contributed by atoms with Gasteiger partial charge >= 0.3 is 0 Å². The first-order valence-corrected chi connectivity index (χ1v) is 1.28. The Morgan fingerprint density at radius 2 is 2.25 bits per heavy atom. The second-order valence-corrected chi connectivity index (χ2v) is 0.499. The molecule has 0 aliphatic heterocycles.